The predicted octanol–water partition coefficient (Wildman–Crippen LogP) is 2.04. The van der Waals surface area contributed by atoms with Gasteiger partial charge in [-0.25, -0.2) is 13.1 Å². The molecule has 0 aliphatic heterocycles. The van der Waals surface area contributed by atoms with Gasteiger partial charge in [0, 0.05) is 11.4 Å². The van der Waals surface area contributed by atoms with Crippen LogP contribution in [0.2, 0.25) is 0 Å². The lowest BCUT2D eigenvalue weighted by Gasteiger charge is -2.05. The fourth-order valence-electron chi connectivity index (χ4n) is 1.85. The smallest absolute Gasteiger partial charge is 0.250 e. The van der Waals surface area contributed by atoms with Crippen LogP contribution in [0, 0.1) is 6.92 Å². The molecule has 0 fully saturated rings. The Balaban J connectivity index is 2.06. The third-order valence-corrected chi connectivity index (χ3v) is 5.88. The summed E-state index contributed by atoms with van der Waals surface area (Å²) in [6, 6.07) is 11.2. The SMILES string of the molecule is Cc1cccc(CNS(=O)(=O)c2ccc(CCN)s2)c1. The molecule has 20 heavy (non-hydrogen) atoms. The van der Waals surface area contributed by atoms with Crippen LogP contribution >= 0.6 is 11.3 Å². The molecule has 3 N–H and O–H groups in total. The largest absolute Gasteiger partial charge is 0.330 e. The number of nitrogens with two attached hydrogens (primary N) is 1. The molecule has 4 nitrogen and oxygen atoms in total. The van der Waals surface area contributed by atoms with Gasteiger partial charge in [-0.3, -0.25) is 0 Å². The van der Waals surface area contributed by atoms with Crippen molar-refractivity contribution in [3.8, 4) is 0 Å². The molecule has 0 bridgehead atoms. The van der Waals surface area contributed by atoms with E-state index in [9.17, 15) is 8.42 Å². The second kappa shape index (κ2) is 6.49. The van der Waals surface area contributed by atoms with E-state index in [1.807, 2.05) is 37.3 Å². The summed E-state index contributed by atoms with van der Waals surface area (Å²) >= 11 is 1.27. The van der Waals surface area contributed by atoms with E-state index in [0.717, 1.165) is 16.0 Å². The minimum atomic E-state index is -3.44. The van der Waals surface area contributed by atoms with Crippen LogP contribution < -0.4 is 10.5 Å². The number of nitrogens with one attached hydrogen (secondary N) is 1. The van der Waals surface area contributed by atoms with Gasteiger partial charge in [0.25, 0.3) is 0 Å². The summed E-state index contributed by atoms with van der Waals surface area (Å²) in [6.07, 6.45) is 0.706. The van der Waals surface area contributed by atoms with Gasteiger partial charge in [0.2, 0.25) is 10.0 Å². The van der Waals surface area contributed by atoms with Crippen molar-refractivity contribution in [1.29, 1.82) is 0 Å². The van der Waals surface area contributed by atoms with Crippen LogP contribution in [0.4, 0.5) is 0 Å². The van der Waals surface area contributed by atoms with Crippen molar-refractivity contribution < 1.29 is 8.42 Å². The highest BCUT2D eigenvalue weighted by atomic mass is 32.2. The van der Waals surface area contributed by atoms with E-state index in [-0.39, 0.29) is 0 Å². The molecule has 1 aromatic carbocycles. The normalized spacial score (nSPS) is 11.7. The number of sulfonamides is 1. The molecule has 0 saturated heterocycles. The minimum absolute atomic E-state index is 0.300. The van der Waals surface area contributed by atoms with Gasteiger partial charge in [-0.2, -0.15) is 0 Å². The van der Waals surface area contributed by atoms with Crippen molar-refractivity contribution in [1.82, 2.24) is 4.72 Å². The van der Waals surface area contributed by atoms with Gasteiger partial charge in [-0.05, 0) is 37.6 Å². The number of thiophene rings is 1. The molecule has 1 heterocycles. The van der Waals surface area contributed by atoms with Crippen LogP contribution in [0.25, 0.3) is 0 Å². The summed E-state index contributed by atoms with van der Waals surface area (Å²) in [5.41, 5.74) is 7.53. The van der Waals surface area contributed by atoms with E-state index < -0.39 is 10.0 Å². The summed E-state index contributed by atoms with van der Waals surface area (Å²) < 4.78 is 27.3. The molecule has 1 aromatic heterocycles. The van der Waals surface area contributed by atoms with Crippen molar-refractivity contribution in [2.24, 2.45) is 5.73 Å². The first kappa shape index (κ1) is 15.2. The monoisotopic (exact) mass is 310 g/mol. The van der Waals surface area contributed by atoms with E-state index in [0.29, 0.717) is 23.7 Å². The first-order valence-corrected chi connectivity index (χ1v) is 8.65. The third kappa shape index (κ3) is 3.89. The fourth-order valence-corrected chi connectivity index (χ4v) is 4.28. The van der Waals surface area contributed by atoms with E-state index in [1.165, 1.54) is 11.3 Å². The van der Waals surface area contributed by atoms with E-state index >= 15 is 0 Å². The van der Waals surface area contributed by atoms with Gasteiger partial charge < -0.3 is 5.73 Å². The summed E-state index contributed by atoms with van der Waals surface area (Å²) in [4.78, 5) is 0.989. The van der Waals surface area contributed by atoms with Gasteiger partial charge in [0.15, 0.2) is 0 Å². The maximum Gasteiger partial charge on any atom is 0.250 e. The van der Waals surface area contributed by atoms with Crippen molar-refractivity contribution >= 4 is 21.4 Å². The maximum absolute atomic E-state index is 12.2. The molecular weight excluding hydrogens is 292 g/mol. The minimum Gasteiger partial charge on any atom is -0.330 e. The Bertz CT molecular complexity index is 678. The van der Waals surface area contributed by atoms with Crippen LogP contribution in [0.5, 0.6) is 0 Å². The van der Waals surface area contributed by atoms with E-state index in [2.05, 4.69) is 4.72 Å². The van der Waals surface area contributed by atoms with Crippen LogP contribution in [0.3, 0.4) is 0 Å². The molecule has 6 heteroatoms. The van der Waals surface area contributed by atoms with Gasteiger partial charge >= 0.3 is 0 Å². The van der Waals surface area contributed by atoms with Crippen LogP contribution in [0.15, 0.2) is 40.6 Å². The molecule has 0 atom stereocenters. The van der Waals surface area contributed by atoms with E-state index in [1.54, 1.807) is 6.07 Å². The lowest BCUT2D eigenvalue weighted by Crippen LogP contribution is -2.22. The summed E-state index contributed by atoms with van der Waals surface area (Å²) in [5.74, 6) is 0. The fraction of sp³-hybridized carbons (Fsp3) is 0.286. The zero-order valence-corrected chi connectivity index (χ0v) is 12.9. The number of aryl methyl sites for hydroxylation is 1. The molecule has 0 amide bonds. The van der Waals surface area contributed by atoms with Crippen molar-refractivity contribution in [3.63, 3.8) is 0 Å². The van der Waals surface area contributed by atoms with Gasteiger partial charge in [-0.15, -0.1) is 11.3 Å². The second-order valence-electron chi connectivity index (χ2n) is 4.57. The summed E-state index contributed by atoms with van der Waals surface area (Å²) in [5, 5.41) is 0. The van der Waals surface area contributed by atoms with E-state index in [4.69, 9.17) is 5.73 Å². The summed E-state index contributed by atoms with van der Waals surface area (Å²) in [7, 11) is -3.44. The average molecular weight is 310 g/mol. The molecule has 0 spiro atoms. The lowest BCUT2D eigenvalue weighted by molar-refractivity contribution is 0.583. The average Bonchev–Trinajstić information content (AvgIpc) is 2.87. The van der Waals surface area contributed by atoms with Gasteiger partial charge in [0.05, 0.1) is 0 Å². The Hall–Kier alpha value is -1.21. The maximum atomic E-state index is 12.2. The highest BCUT2D eigenvalue weighted by molar-refractivity contribution is 7.91. The molecule has 0 aliphatic rings. The van der Waals surface area contributed by atoms with Crippen LogP contribution in [-0.4, -0.2) is 15.0 Å². The van der Waals surface area contributed by atoms with Crippen molar-refractivity contribution in [2.45, 2.75) is 24.1 Å². The number of hydrogen-bond donors (Lipinski definition) is 2. The highest BCUT2D eigenvalue weighted by Crippen LogP contribution is 2.21. The molecule has 2 aromatic rings. The predicted molar refractivity (Wildman–Crippen MR) is 82.3 cm³/mol. The number of benzene rings is 1. The van der Waals surface area contributed by atoms with Crippen LogP contribution in [-0.2, 0) is 23.0 Å². The molecule has 0 saturated carbocycles. The zero-order chi connectivity index (χ0) is 14.6. The summed E-state index contributed by atoms with van der Waals surface area (Å²) in [6.45, 7) is 2.81. The van der Waals surface area contributed by atoms with Gasteiger partial charge in [0.1, 0.15) is 4.21 Å². The number of rotatable bonds is 6. The van der Waals surface area contributed by atoms with Crippen LogP contribution in [0.1, 0.15) is 16.0 Å². The Labute approximate surface area is 123 Å². The first-order chi connectivity index (χ1) is 9.51. The molecule has 0 unspecified atom stereocenters. The second-order valence-corrected chi connectivity index (χ2v) is 7.74. The molecule has 108 valence electrons. The number of hydrogen-bond acceptors (Lipinski definition) is 4. The first-order valence-electron chi connectivity index (χ1n) is 6.35. The zero-order valence-electron chi connectivity index (χ0n) is 11.3. The highest BCUT2D eigenvalue weighted by Gasteiger charge is 2.16. The Morgan fingerprint density at radius 3 is 2.75 bits per heavy atom. The molecule has 0 radical (unpaired) electrons. The topological polar surface area (TPSA) is 72.2 Å². The van der Waals surface area contributed by atoms with Crippen molar-refractivity contribution in [3.05, 3.63) is 52.4 Å². The Kier molecular flexibility index (Phi) is 4.93. The Morgan fingerprint density at radius 1 is 1.25 bits per heavy atom. The third-order valence-electron chi connectivity index (χ3n) is 2.84. The quantitative estimate of drug-likeness (QED) is 0.857. The molecule has 0 aliphatic carbocycles. The standard InChI is InChI=1S/C14H18N2O2S2/c1-11-3-2-4-12(9-11)10-16-20(17,18)14-6-5-13(19-14)7-8-15/h2-6,9,16H,7-8,10,15H2,1H3. The molecule has 2 rings (SSSR count). The molecular formula is C14H18N2O2S2. The van der Waals surface area contributed by atoms with Gasteiger partial charge in [-0.1, -0.05) is 29.8 Å². The Morgan fingerprint density at radius 2 is 2.05 bits per heavy atom. The van der Waals surface area contributed by atoms with Crippen molar-refractivity contribution in [2.75, 3.05) is 6.54 Å². The lowest BCUT2D eigenvalue weighted by atomic mass is 10.1.